The highest BCUT2D eigenvalue weighted by Gasteiger charge is 1.96. The predicted octanol–water partition coefficient (Wildman–Crippen LogP) is 2.48. The lowest BCUT2D eigenvalue weighted by atomic mass is 10.2. The van der Waals surface area contributed by atoms with Crippen molar-refractivity contribution in [3.63, 3.8) is 0 Å². The van der Waals surface area contributed by atoms with Crippen molar-refractivity contribution in [1.82, 2.24) is 4.98 Å². The summed E-state index contributed by atoms with van der Waals surface area (Å²) >= 11 is 3.42. The van der Waals surface area contributed by atoms with Gasteiger partial charge in [-0.2, -0.15) is 0 Å². The second-order valence-corrected chi connectivity index (χ2v) is 4.00. The fourth-order valence-corrected chi connectivity index (χ4v) is 1.38. The predicted molar refractivity (Wildman–Crippen MR) is 60.7 cm³/mol. The van der Waals surface area contributed by atoms with Gasteiger partial charge in [0.15, 0.2) is 0 Å². The van der Waals surface area contributed by atoms with Crippen LogP contribution in [-0.4, -0.2) is 24.4 Å². The molecular weight excluding hydrogens is 228 g/mol. The molecule has 3 heteroatoms. The Labute approximate surface area is 88.1 Å². The third-order valence-electron chi connectivity index (χ3n) is 1.87. The molecule has 0 aliphatic carbocycles. The maximum absolute atomic E-state index is 4.34. The largest absolute Gasteiger partial charge is 0.363 e. The molecule has 2 nitrogen and oxygen atoms in total. The molecule has 72 valence electrons. The smallest absolute Gasteiger partial charge is 0.127 e. The zero-order valence-corrected chi connectivity index (χ0v) is 9.71. The fourth-order valence-electron chi connectivity index (χ4n) is 1.10. The van der Waals surface area contributed by atoms with E-state index in [1.165, 1.54) is 12.0 Å². The van der Waals surface area contributed by atoms with Crippen LogP contribution < -0.4 is 4.90 Å². The zero-order valence-electron chi connectivity index (χ0n) is 8.13. The van der Waals surface area contributed by atoms with Crippen molar-refractivity contribution in [2.45, 2.75) is 12.8 Å². The fraction of sp³-hybridized carbons (Fsp3) is 0.500. The zero-order chi connectivity index (χ0) is 9.68. The van der Waals surface area contributed by atoms with E-state index in [4.69, 9.17) is 0 Å². The van der Waals surface area contributed by atoms with Gasteiger partial charge < -0.3 is 4.90 Å². The van der Waals surface area contributed by atoms with E-state index in [0.29, 0.717) is 0 Å². The van der Waals surface area contributed by atoms with Gasteiger partial charge in [-0.05, 0) is 24.5 Å². The molecule has 13 heavy (non-hydrogen) atoms. The lowest BCUT2D eigenvalue weighted by Gasteiger charge is -2.10. The van der Waals surface area contributed by atoms with Crippen molar-refractivity contribution in [2.75, 3.05) is 24.3 Å². The van der Waals surface area contributed by atoms with Gasteiger partial charge in [0.2, 0.25) is 0 Å². The van der Waals surface area contributed by atoms with E-state index in [0.717, 1.165) is 17.6 Å². The second kappa shape index (κ2) is 5.22. The average Bonchev–Trinajstić information content (AvgIpc) is 2.15. The first kappa shape index (κ1) is 10.5. The second-order valence-electron chi connectivity index (χ2n) is 3.21. The van der Waals surface area contributed by atoms with Crippen molar-refractivity contribution >= 4 is 21.7 Å². The molecule has 1 aromatic rings. The van der Waals surface area contributed by atoms with Crippen LogP contribution in [0.25, 0.3) is 0 Å². The van der Waals surface area contributed by atoms with Gasteiger partial charge in [0, 0.05) is 25.6 Å². The maximum atomic E-state index is 4.34. The molecule has 0 aliphatic heterocycles. The van der Waals surface area contributed by atoms with Crippen molar-refractivity contribution in [3.05, 3.63) is 23.9 Å². The number of anilines is 1. The van der Waals surface area contributed by atoms with Crippen LogP contribution in [0.15, 0.2) is 18.3 Å². The number of alkyl halides is 1. The SMILES string of the molecule is CN(C)c1ccc(CCCBr)cn1. The highest BCUT2D eigenvalue weighted by atomic mass is 79.9. The standard InChI is InChI=1S/C10H15BrN2/c1-13(2)10-6-5-9(8-12-10)4-3-7-11/h5-6,8H,3-4,7H2,1-2H3. The van der Waals surface area contributed by atoms with Crippen molar-refractivity contribution in [3.8, 4) is 0 Å². The van der Waals surface area contributed by atoms with Crippen LogP contribution in [0.2, 0.25) is 0 Å². The summed E-state index contributed by atoms with van der Waals surface area (Å²) in [6.45, 7) is 0. The van der Waals surface area contributed by atoms with Crippen LogP contribution in [0.4, 0.5) is 5.82 Å². The molecule has 0 aliphatic rings. The molecule has 0 radical (unpaired) electrons. The first-order valence-corrected chi connectivity index (χ1v) is 5.54. The number of nitrogens with zero attached hydrogens (tertiary/aromatic N) is 2. The van der Waals surface area contributed by atoms with Gasteiger partial charge in [-0.25, -0.2) is 4.98 Å². The summed E-state index contributed by atoms with van der Waals surface area (Å²) in [5.74, 6) is 1.02. The molecule has 0 saturated carbocycles. The van der Waals surface area contributed by atoms with E-state index in [2.05, 4.69) is 33.0 Å². The molecule has 1 heterocycles. The monoisotopic (exact) mass is 242 g/mol. The molecular formula is C10H15BrN2. The first-order valence-electron chi connectivity index (χ1n) is 4.42. The average molecular weight is 243 g/mol. The summed E-state index contributed by atoms with van der Waals surface area (Å²) in [5, 5.41) is 1.06. The number of pyridine rings is 1. The summed E-state index contributed by atoms with van der Waals surface area (Å²) in [7, 11) is 4.00. The van der Waals surface area contributed by atoms with Gasteiger partial charge in [-0.1, -0.05) is 22.0 Å². The Hall–Kier alpha value is -0.570. The number of rotatable bonds is 4. The molecule has 0 spiro atoms. The number of aromatic nitrogens is 1. The van der Waals surface area contributed by atoms with Gasteiger partial charge in [0.25, 0.3) is 0 Å². The molecule has 0 atom stereocenters. The quantitative estimate of drug-likeness (QED) is 0.755. The Bertz CT molecular complexity index is 244. The number of hydrogen-bond donors (Lipinski definition) is 0. The van der Waals surface area contributed by atoms with Crippen LogP contribution in [0.1, 0.15) is 12.0 Å². The van der Waals surface area contributed by atoms with Crippen LogP contribution in [0, 0.1) is 0 Å². The minimum atomic E-state index is 1.02. The molecule has 0 N–H and O–H groups in total. The normalized spacial score (nSPS) is 10.1. The number of halogens is 1. The van der Waals surface area contributed by atoms with Crippen LogP contribution in [0.5, 0.6) is 0 Å². The lowest BCUT2D eigenvalue weighted by molar-refractivity contribution is 0.926. The Balaban J connectivity index is 2.59. The van der Waals surface area contributed by atoms with E-state index >= 15 is 0 Å². The van der Waals surface area contributed by atoms with Crippen LogP contribution in [0.3, 0.4) is 0 Å². The topological polar surface area (TPSA) is 16.1 Å². The third-order valence-corrected chi connectivity index (χ3v) is 2.43. The number of hydrogen-bond acceptors (Lipinski definition) is 2. The maximum Gasteiger partial charge on any atom is 0.127 e. The van der Waals surface area contributed by atoms with E-state index in [1.807, 2.05) is 25.2 Å². The van der Waals surface area contributed by atoms with E-state index in [9.17, 15) is 0 Å². The Morgan fingerprint density at radius 2 is 2.15 bits per heavy atom. The van der Waals surface area contributed by atoms with Gasteiger partial charge in [-0.15, -0.1) is 0 Å². The molecule has 1 aromatic heterocycles. The van der Waals surface area contributed by atoms with Crippen LogP contribution in [-0.2, 0) is 6.42 Å². The van der Waals surface area contributed by atoms with Gasteiger partial charge in [0.1, 0.15) is 5.82 Å². The Morgan fingerprint density at radius 3 is 2.62 bits per heavy atom. The van der Waals surface area contributed by atoms with Gasteiger partial charge in [-0.3, -0.25) is 0 Å². The molecule has 0 aromatic carbocycles. The van der Waals surface area contributed by atoms with E-state index in [1.54, 1.807) is 0 Å². The molecule has 0 unspecified atom stereocenters. The summed E-state index contributed by atoms with van der Waals surface area (Å²) < 4.78 is 0. The minimum absolute atomic E-state index is 1.02. The van der Waals surface area contributed by atoms with E-state index in [-0.39, 0.29) is 0 Å². The Morgan fingerprint density at radius 1 is 1.38 bits per heavy atom. The number of aryl methyl sites for hydroxylation is 1. The molecule has 0 saturated heterocycles. The van der Waals surface area contributed by atoms with Gasteiger partial charge in [0.05, 0.1) is 0 Å². The highest BCUT2D eigenvalue weighted by molar-refractivity contribution is 9.09. The van der Waals surface area contributed by atoms with Crippen molar-refractivity contribution in [2.24, 2.45) is 0 Å². The van der Waals surface area contributed by atoms with Crippen molar-refractivity contribution < 1.29 is 0 Å². The van der Waals surface area contributed by atoms with Gasteiger partial charge >= 0.3 is 0 Å². The third kappa shape index (κ3) is 3.35. The molecule has 1 rings (SSSR count). The summed E-state index contributed by atoms with van der Waals surface area (Å²) in [4.78, 5) is 6.35. The summed E-state index contributed by atoms with van der Waals surface area (Å²) in [5.41, 5.74) is 1.31. The van der Waals surface area contributed by atoms with Crippen molar-refractivity contribution in [1.29, 1.82) is 0 Å². The van der Waals surface area contributed by atoms with Crippen LogP contribution >= 0.6 is 15.9 Å². The molecule has 0 amide bonds. The Kier molecular flexibility index (Phi) is 4.22. The molecule has 0 bridgehead atoms. The lowest BCUT2D eigenvalue weighted by Crippen LogP contribution is -2.10. The summed E-state index contributed by atoms with van der Waals surface area (Å²) in [6, 6.07) is 4.20. The molecule has 0 fully saturated rings. The van der Waals surface area contributed by atoms with E-state index < -0.39 is 0 Å². The summed E-state index contributed by atoms with van der Waals surface area (Å²) in [6.07, 6.45) is 4.23. The minimum Gasteiger partial charge on any atom is -0.363 e. The highest BCUT2D eigenvalue weighted by Crippen LogP contribution is 2.09. The first-order chi connectivity index (χ1) is 6.24.